The van der Waals surface area contributed by atoms with Gasteiger partial charge in [-0.25, -0.2) is 0 Å². The third kappa shape index (κ3) is 4.08. The number of aromatic nitrogens is 1. The van der Waals surface area contributed by atoms with Gasteiger partial charge in [-0.1, -0.05) is 13.8 Å². The molecular formula is C17H25N3O2. The van der Waals surface area contributed by atoms with E-state index in [1.807, 2.05) is 24.3 Å². The molecule has 0 radical (unpaired) electrons. The number of nitrogens with one attached hydrogen (secondary N) is 2. The van der Waals surface area contributed by atoms with Crippen molar-refractivity contribution in [1.82, 2.24) is 15.2 Å². The summed E-state index contributed by atoms with van der Waals surface area (Å²) in [6, 6.07) is 7.65. The van der Waals surface area contributed by atoms with Crippen molar-refractivity contribution in [1.29, 1.82) is 0 Å². The fourth-order valence-electron chi connectivity index (χ4n) is 2.48. The number of rotatable bonds is 8. The first-order valence-corrected chi connectivity index (χ1v) is 7.81. The number of H-pyrrole nitrogens is 1. The lowest BCUT2D eigenvalue weighted by Gasteiger charge is -2.17. The van der Waals surface area contributed by atoms with E-state index in [0.717, 1.165) is 48.4 Å². The second-order valence-electron chi connectivity index (χ2n) is 5.28. The Morgan fingerprint density at radius 1 is 1.23 bits per heavy atom. The molecule has 0 atom stereocenters. The zero-order valence-electron chi connectivity index (χ0n) is 13.6. The molecule has 1 aromatic heterocycles. The van der Waals surface area contributed by atoms with Crippen LogP contribution < -0.4 is 15.6 Å². The van der Waals surface area contributed by atoms with Crippen LogP contribution in [0.3, 0.4) is 0 Å². The Hall–Kier alpha value is -1.85. The fourth-order valence-corrected chi connectivity index (χ4v) is 2.48. The van der Waals surface area contributed by atoms with E-state index in [0.29, 0.717) is 6.54 Å². The maximum absolute atomic E-state index is 12.1. The highest BCUT2D eigenvalue weighted by Crippen LogP contribution is 2.18. The highest BCUT2D eigenvalue weighted by Gasteiger charge is 2.04. The number of methoxy groups -OCH3 is 1. The molecule has 2 aromatic rings. The fraction of sp³-hybridized carbons (Fsp3) is 0.471. The molecule has 0 bridgehead atoms. The Kier molecular flexibility index (Phi) is 5.98. The third-order valence-electron chi connectivity index (χ3n) is 3.94. The van der Waals surface area contributed by atoms with E-state index < -0.39 is 0 Å². The predicted octanol–water partition coefficient (Wildman–Crippen LogP) is 1.97. The highest BCUT2D eigenvalue weighted by molar-refractivity contribution is 5.80. The number of pyridine rings is 1. The minimum atomic E-state index is -0.0453. The largest absolute Gasteiger partial charge is 0.497 e. The average Bonchev–Trinajstić information content (AvgIpc) is 2.54. The van der Waals surface area contributed by atoms with Crippen molar-refractivity contribution >= 4 is 10.9 Å². The van der Waals surface area contributed by atoms with Crippen LogP contribution in [0.5, 0.6) is 5.75 Å². The van der Waals surface area contributed by atoms with Crippen molar-refractivity contribution in [3.63, 3.8) is 0 Å². The molecule has 1 heterocycles. The summed E-state index contributed by atoms with van der Waals surface area (Å²) in [4.78, 5) is 17.4. The van der Waals surface area contributed by atoms with Gasteiger partial charge in [-0.3, -0.25) is 4.79 Å². The molecule has 0 aliphatic carbocycles. The van der Waals surface area contributed by atoms with Gasteiger partial charge in [-0.05, 0) is 36.7 Å². The lowest BCUT2D eigenvalue weighted by molar-refractivity contribution is 0.302. The van der Waals surface area contributed by atoms with Crippen LogP contribution >= 0.6 is 0 Å². The number of nitrogens with zero attached hydrogens (tertiary/aromatic N) is 1. The first-order chi connectivity index (χ1) is 10.7. The van der Waals surface area contributed by atoms with Crippen LogP contribution in [-0.4, -0.2) is 43.2 Å². The van der Waals surface area contributed by atoms with E-state index in [1.165, 1.54) is 0 Å². The van der Waals surface area contributed by atoms with Crippen molar-refractivity contribution < 1.29 is 4.74 Å². The summed E-state index contributed by atoms with van der Waals surface area (Å²) < 4.78 is 5.18. The zero-order chi connectivity index (χ0) is 15.9. The average molecular weight is 303 g/mol. The Bertz CT molecular complexity index is 662. The molecule has 22 heavy (non-hydrogen) atoms. The lowest BCUT2D eigenvalue weighted by atomic mass is 10.1. The molecule has 0 saturated carbocycles. The summed E-state index contributed by atoms with van der Waals surface area (Å²) in [5.41, 5.74) is 1.52. The zero-order valence-corrected chi connectivity index (χ0v) is 13.6. The molecule has 2 N–H and O–H groups in total. The summed E-state index contributed by atoms with van der Waals surface area (Å²) in [6.45, 7) is 8.88. The minimum Gasteiger partial charge on any atom is -0.497 e. The number of fused-ring (bicyclic) bond motifs is 1. The Morgan fingerprint density at radius 3 is 2.68 bits per heavy atom. The van der Waals surface area contributed by atoms with Gasteiger partial charge < -0.3 is 19.9 Å². The van der Waals surface area contributed by atoms with Gasteiger partial charge in [0.05, 0.1) is 12.6 Å². The summed E-state index contributed by atoms with van der Waals surface area (Å²) in [5.74, 6) is 0.744. The van der Waals surface area contributed by atoms with E-state index in [2.05, 4.69) is 29.0 Å². The summed E-state index contributed by atoms with van der Waals surface area (Å²) in [5, 5.41) is 4.36. The number of ether oxygens (including phenoxy) is 1. The van der Waals surface area contributed by atoms with Crippen LogP contribution in [0.4, 0.5) is 0 Å². The first kappa shape index (κ1) is 16.5. The maximum Gasteiger partial charge on any atom is 0.252 e. The smallest absolute Gasteiger partial charge is 0.252 e. The van der Waals surface area contributed by atoms with Crippen LogP contribution in [0.25, 0.3) is 10.9 Å². The molecule has 5 nitrogen and oxygen atoms in total. The maximum atomic E-state index is 12.1. The van der Waals surface area contributed by atoms with Gasteiger partial charge in [-0.15, -0.1) is 0 Å². The number of aromatic amines is 1. The van der Waals surface area contributed by atoms with Crippen LogP contribution in [-0.2, 0) is 6.54 Å². The monoisotopic (exact) mass is 303 g/mol. The van der Waals surface area contributed by atoms with Gasteiger partial charge in [0.25, 0.3) is 5.56 Å². The first-order valence-electron chi connectivity index (χ1n) is 7.81. The van der Waals surface area contributed by atoms with Crippen molar-refractivity contribution in [2.45, 2.75) is 20.4 Å². The summed E-state index contributed by atoms with van der Waals surface area (Å²) in [7, 11) is 1.62. The molecule has 5 heteroatoms. The van der Waals surface area contributed by atoms with Crippen LogP contribution in [0.15, 0.2) is 29.1 Å². The lowest BCUT2D eigenvalue weighted by Crippen LogP contribution is -2.32. The standard InChI is InChI=1S/C17H25N3O2/c1-4-20(5-2)9-8-18-12-14-10-13-6-7-15(22-3)11-16(13)19-17(14)21/h6-7,10-11,18H,4-5,8-9,12H2,1-3H3,(H,19,21). The summed E-state index contributed by atoms with van der Waals surface area (Å²) >= 11 is 0. The molecule has 0 unspecified atom stereocenters. The number of benzene rings is 1. The van der Waals surface area contributed by atoms with E-state index in [4.69, 9.17) is 4.74 Å². The van der Waals surface area contributed by atoms with E-state index >= 15 is 0 Å². The van der Waals surface area contributed by atoms with Gasteiger partial charge in [0, 0.05) is 31.3 Å². The highest BCUT2D eigenvalue weighted by atomic mass is 16.5. The second kappa shape index (κ2) is 7.96. The second-order valence-corrected chi connectivity index (χ2v) is 5.28. The van der Waals surface area contributed by atoms with Crippen molar-refractivity contribution in [2.75, 3.05) is 33.3 Å². The molecular weight excluding hydrogens is 278 g/mol. The number of hydrogen-bond acceptors (Lipinski definition) is 4. The van der Waals surface area contributed by atoms with Gasteiger partial charge in [0.15, 0.2) is 0 Å². The van der Waals surface area contributed by atoms with Crippen LogP contribution in [0, 0.1) is 0 Å². The summed E-state index contributed by atoms with van der Waals surface area (Å²) in [6.07, 6.45) is 0. The quantitative estimate of drug-likeness (QED) is 0.732. The Morgan fingerprint density at radius 2 is 2.00 bits per heavy atom. The van der Waals surface area contributed by atoms with Crippen molar-refractivity contribution in [3.8, 4) is 5.75 Å². The number of hydrogen-bond donors (Lipinski definition) is 2. The molecule has 120 valence electrons. The Balaban J connectivity index is 2.02. The molecule has 0 aliphatic rings. The van der Waals surface area contributed by atoms with Crippen molar-refractivity contribution in [3.05, 3.63) is 40.2 Å². The molecule has 2 rings (SSSR count). The van der Waals surface area contributed by atoms with Gasteiger partial charge in [-0.2, -0.15) is 0 Å². The molecule has 0 aliphatic heterocycles. The van der Waals surface area contributed by atoms with E-state index in [-0.39, 0.29) is 5.56 Å². The molecule has 0 saturated heterocycles. The van der Waals surface area contributed by atoms with Gasteiger partial charge >= 0.3 is 0 Å². The predicted molar refractivity (Wildman–Crippen MR) is 90.6 cm³/mol. The van der Waals surface area contributed by atoms with E-state index in [1.54, 1.807) is 7.11 Å². The van der Waals surface area contributed by atoms with E-state index in [9.17, 15) is 4.79 Å². The molecule has 1 aromatic carbocycles. The van der Waals surface area contributed by atoms with Gasteiger partial charge in [0.1, 0.15) is 5.75 Å². The van der Waals surface area contributed by atoms with Crippen LogP contribution in [0.1, 0.15) is 19.4 Å². The molecule has 0 spiro atoms. The SMILES string of the molecule is CCN(CC)CCNCc1cc2ccc(OC)cc2[nH]c1=O. The topological polar surface area (TPSA) is 57.4 Å². The number of likely N-dealkylation sites (N-methyl/N-ethyl adjacent to an activating group) is 1. The normalized spacial score (nSPS) is 11.3. The Labute approximate surface area is 131 Å². The molecule has 0 fully saturated rings. The van der Waals surface area contributed by atoms with Gasteiger partial charge in [0.2, 0.25) is 0 Å². The van der Waals surface area contributed by atoms with Crippen LogP contribution in [0.2, 0.25) is 0 Å². The minimum absolute atomic E-state index is 0.0453. The third-order valence-corrected chi connectivity index (χ3v) is 3.94. The van der Waals surface area contributed by atoms with Crippen molar-refractivity contribution in [2.24, 2.45) is 0 Å². The molecule has 0 amide bonds.